The summed E-state index contributed by atoms with van der Waals surface area (Å²) in [6.07, 6.45) is 2.09. The molecule has 0 saturated carbocycles. The van der Waals surface area contributed by atoms with E-state index in [1.807, 2.05) is 20.8 Å². The van der Waals surface area contributed by atoms with Crippen LogP contribution < -0.4 is 10.1 Å². The van der Waals surface area contributed by atoms with Crippen molar-refractivity contribution in [2.75, 3.05) is 19.7 Å². The predicted molar refractivity (Wildman–Crippen MR) is 90.6 cm³/mol. The van der Waals surface area contributed by atoms with Gasteiger partial charge in [0.05, 0.1) is 12.2 Å². The summed E-state index contributed by atoms with van der Waals surface area (Å²) >= 11 is 0. The number of nitrogens with one attached hydrogen (secondary N) is 1. The highest BCUT2D eigenvalue weighted by Crippen LogP contribution is 2.19. The number of carbonyl (C=O) groups is 1. The van der Waals surface area contributed by atoms with Gasteiger partial charge in [-0.15, -0.1) is 0 Å². The van der Waals surface area contributed by atoms with E-state index in [1.54, 1.807) is 17.0 Å². The van der Waals surface area contributed by atoms with Crippen molar-refractivity contribution in [2.24, 2.45) is 0 Å². The van der Waals surface area contributed by atoms with Crippen LogP contribution in [0.4, 0.5) is 9.18 Å². The Morgan fingerprint density at radius 1 is 1.50 bits per heavy atom. The molecule has 1 saturated heterocycles. The summed E-state index contributed by atoms with van der Waals surface area (Å²) < 4.78 is 24.9. The second kappa shape index (κ2) is 8.87. The fourth-order valence-corrected chi connectivity index (χ4v) is 2.68. The number of hydrogen-bond donors (Lipinski definition) is 1. The molecule has 2 amide bonds. The van der Waals surface area contributed by atoms with E-state index in [0.29, 0.717) is 18.7 Å². The number of rotatable bonds is 7. The first-order chi connectivity index (χ1) is 11.5. The van der Waals surface area contributed by atoms with E-state index in [4.69, 9.17) is 9.47 Å². The maximum absolute atomic E-state index is 14.0. The number of carbonyl (C=O) groups excluding carboxylic acids is 1. The van der Waals surface area contributed by atoms with E-state index in [1.165, 1.54) is 6.07 Å². The SMILES string of the molecule is CCN(CC1CCCO1)C(=O)NCc1ccc(OC(C)C)c(F)c1. The minimum atomic E-state index is -0.415. The molecule has 134 valence electrons. The molecule has 1 aromatic rings. The number of amides is 2. The van der Waals surface area contributed by atoms with Crippen LogP contribution in [0.3, 0.4) is 0 Å². The van der Waals surface area contributed by atoms with Gasteiger partial charge in [0.2, 0.25) is 0 Å². The van der Waals surface area contributed by atoms with Crippen LogP contribution >= 0.6 is 0 Å². The molecular formula is C18H27FN2O3. The fourth-order valence-electron chi connectivity index (χ4n) is 2.68. The van der Waals surface area contributed by atoms with Gasteiger partial charge in [-0.2, -0.15) is 0 Å². The molecule has 24 heavy (non-hydrogen) atoms. The molecule has 1 fully saturated rings. The average molecular weight is 338 g/mol. The highest BCUT2D eigenvalue weighted by atomic mass is 19.1. The largest absolute Gasteiger partial charge is 0.488 e. The van der Waals surface area contributed by atoms with Crippen molar-refractivity contribution >= 4 is 6.03 Å². The summed E-state index contributed by atoms with van der Waals surface area (Å²) in [4.78, 5) is 14.0. The van der Waals surface area contributed by atoms with E-state index >= 15 is 0 Å². The molecule has 0 spiro atoms. The normalized spacial score (nSPS) is 17.1. The first-order valence-electron chi connectivity index (χ1n) is 8.59. The zero-order chi connectivity index (χ0) is 17.5. The quantitative estimate of drug-likeness (QED) is 0.830. The van der Waals surface area contributed by atoms with Gasteiger partial charge < -0.3 is 19.7 Å². The molecule has 1 atom stereocenters. The molecule has 0 radical (unpaired) electrons. The Kier molecular flexibility index (Phi) is 6.85. The lowest BCUT2D eigenvalue weighted by molar-refractivity contribution is 0.0826. The number of ether oxygens (including phenoxy) is 2. The monoisotopic (exact) mass is 338 g/mol. The van der Waals surface area contributed by atoms with Crippen LogP contribution in [0, 0.1) is 5.82 Å². The predicted octanol–water partition coefficient (Wildman–Crippen LogP) is 3.32. The van der Waals surface area contributed by atoms with Gasteiger partial charge in [-0.05, 0) is 51.3 Å². The number of halogens is 1. The molecule has 2 rings (SSSR count). The van der Waals surface area contributed by atoms with E-state index in [9.17, 15) is 9.18 Å². The lowest BCUT2D eigenvalue weighted by Crippen LogP contribution is -2.43. The third-order valence-corrected chi connectivity index (χ3v) is 3.92. The topological polar surface area (TPSA) is 50.8 Å². The van der Waals surface area contributed by atoms with Crippen molar-refractivity contribution in [1.29, 1.82) is 0 Å². The number of likely N-dealkylation sites (N-methyl/N-ethyl adjacent to an activating group) is 1. The van der Waals surface area contributed by atoms with Crippen molar-refractivity contribution in [1.82, 2.24) is 10.2 Å². The van der Waals surface area contributed by atoms with Crippen molar-refractivity contribution < 1.29 is 18.7 Å². The van der Waals surface area contributed by atoms with Gasteiger partial charge in [0.25, 0.3) is 0 Å². The Balaban J connectivity index is 1.86. The van der Waals surface area contributed by atoms with Crippen molar-refractivity contribution in [3.8, 4) is 5.75 Å². The molecule has 0 aliphatic carbocycles. The van der Waals surface area contributed by atoms with Crippen LogP contribution in [0.25, 0.3) is 0 Å². The molecular weight excluding hydrogens is 311 g/mol. The molecule has 1 heterocycles. The Morgan fingerprint density at radius 3 is 2.88 bits per heavy atom. The van der Waals surface area contributed by atoms with Crippen LogP contribution in [0.5, 0.6) is 5.75 Å². The molecule has 0 bridgehead atoms. The molecule has 5 nitrogen and oxygen atoms in total. The Hall–Kier alpha value is -1.82. The highest BCUT2D eigenvalue weighted by Gasteiger charge is 2.21. The lowest BCUT2D eigenvalue weighted by Gasteiger charge is -2.24. The Bertz CT molecular complexity index is 545. The molecule has 0 aromatic heterocycles. The van der Waals surface area contributed by atoms with Crippen molar-refractivity contribution in [3.05, 3.63) is 29.6 Å². The fraction of sp³-hybridized carbons (Fsp3) is 0.611. The molecule has 1 N–H and O–H groups in total. The van der Waals surface area contributed by atoms with Gasteiger partial charge in [0.1, 0.15) is 0 Å². The van der Waals surface area contributed by atoms with E-state index in [2.05, 4.69) is 5.32 Å². The third-order valence-electron chi connectivity index (χ3n) is 3.92. The lowest BCUT2D eigenvalue weighted by atomic mass is 10.2. The minimum Gasteiger partial charge on any atom is -0.488 e. The van der Waals surface area contributed by atoms with Gasteiger partial charge in [-0.25, -0.2) is 9.18 Å². The van der Waals surface area contributed by atoms with Crippen LogP contribution in [0.2, 0.25) is 0 Å². The summed E-state index contributed by atoms with van der Waals surface area (Å²) in [5.74, 6) is -0.184. The first kappa shape index (κ1) is 18.5. The summed E-state index contributed by atoms with van der Waals surface area (Å²) in [6.45, 7) is 7.89. The van der Waals surface area contributed by atoms with Gasteiger partial charge in [0.15, 0.2) is 11.6 Å². The molecule has 1 aliphatic heterocycles. The van der Waals surface area contributed by atoms with Crippen LogP contribution in [0.15, 0.2) is 18.2 Å². The summed E-state index contributed by atoms with van der Waals surface area (Å²) in [7, 11) is 0. The molecule has 1 unspecified atom stereocenters. The van der Waals surface area contributed by atoms with E-state index in [-0.39, 0.29) is 30.5 Å². The Labute approximate surface area is 143 Å². The maximum atomic E-state index is 14.0. The van der Waals surface area contributed by atoms with Crippen molar-refractivity contribution in [3.63, 3.8) is 0 Å². The summed E-state index contributed by atoms with van der Waals surface area (Å²) in [5, 5.41) is 2.84. The van der Waals surface area contributed by atoms with Crippen LogP contribution in [-0.4, -0.2) is 42.8 Å². The third kappa shape index (κ3) is 5.37. The smallest absolute Gasteiger partial charge is 0.317 e. The first-order valence-corrected chi connectivity index (χ1v) is 8.59. The second-order valence-electron chi connectivity index (χ2n) is 6.26. The van der Waals surface area contributed by atoms with Crippen molar-refractivity contribution in [2.45, 2.75) is 52.4 Å². The van der Waals surface area contributed by atoms with E-state index in [0.717, 1.165) is 19.4 Å². The van der Waals surface area contributed by atoms with Crippen LogP contribution in [-0.2, 0) is 11.3 Å². The van der Waals surface area contributed by atoms with Gasteiger partial charge >= 0.3 is 6.03 Å². The zero-order valence-corrected chi connectivity index (χ0v) is 14.7. The zero-order valence-electron chi connectivity index (χ0n) is 14.7. The van der Waals surface area contributed by atoms with Gasteiger partial charge in [-0.3, -0.25) is 0 Å². The molecule has 1 aromatic carbocycles. The highest BCUT2D eigenvalue weighted by molar-refractivity contribution is 5.74. The molecule has 1 aliphatic rings. The Morgan fingerprint density at radius 2 is 2.29 bits per heavy atom. The summed E-state index contributed by atoms with van der Waals surface area (Å²) in [5.41, 5.74) is 0.699. The standard InChI is InChI=1S/C18H27FN2O3/c1-4-21(12-15-6-5-9-23-15)18(22)20-11-14-7-8-17(16(19)10-14)24-13(2)3/h7-8,10,13,15H,4-6,9,11-12H2,1-3H3,(H,20,22). The van der Waals surface area contributed by atoms with Crippen LogP contribution in [0.1, 0.15) is 39.2 Å². The number of benzene rings is 1. The minimum absolute atomic E-state index is 0.0824. The number of hydrogen-bond acceptors (Lipinski definition) is 3. The maximum Gasteiger partial charge on any atom is 0.317 e. The van der Waals surface area contributed by atoms with E-state index < -0.39 is 5.82 Å². The number of urea groups is 1. The van der Waals surface area contributed by atoms with Gasteiger partial charge in [0, 0.05) is 26.2 Å². The van der Waals surface area contributed by atoms with Gasteiger partial charge in [-0.1, -0.05) is 6.07 Å². The summed E-state index contributed by atoms with van der Waals surface area (Å²) in [6, 6.07) is 4.60. The second-order valence-corrected chi connectivity index (χ2v) is 6.26. The average Bonchev–Trinajstić information content (AvgIpc) is 3.05. The molecule has 6 heteroatoms. The number of nitrogens with zero attached hydrogens (tertiary/aromatic N) is 1.